The summed E-state index contributed by atoms with van der Waals surface area (Å²) in [5, 5.41) is 12.9. The molecule has 1 rings (SSSR count). The van der Waals surface area contributed by atoms with E-state index in [9.17, 15) is 5.11 Å². The molecule has 1 atom stereocenters. The van der Waals surface area contributed by atoms with E-state index >= 15 is 0 Å². The average Bonchev–Trinajstić information content (AvgIpc) is 2.44. The Hall–Kier alpha value is -1.06. The zero-order chi connectivity index (χ0) is 13.4. The summed E-state index contributed by atoms with van der Waals surface area (Å²) in [6.45, 7) is 5.46. The normalized spacial score (nSPS) is 14.2. The third-order valence-electron chi connectivity index (χ3n) is 3.50. The number of rotatable bonds is 8. The van der Waals surface area contributed by atoms with Gasteiger partial charge in [-0.25, -0.2) is 0 Å². The Bertz CT molecular complexity index is 337. The van der Waals surface area contributed by atoms with E-state index in [0.717, 1.165) is 31.6 Å². The second kappa shape index (κ2) is 7.39. The van der Waals surface area contributed by atoms with Crippen molar-refractivity contribution in [1.82, 2.24) is 5.32 Å². The highest BCUT2D eigenvalue weighted by Gasteiger charge is 2.28. The molecule has 0 aliphatic carbocycles. The van der Waals surface area contributed by atoms with E-state index in [0.29, 0.717) is 0 Å². The molecule has 0 aromatic heterocycles. The van der Waals surface area contributed by atoms with Crippen molar-refractivity contribution >= 4 is 0 Å². The van der Waals surface area contributed by atoms with Gasteiger partial charge >= 0.3 is 0 Å². The molecule has 0 aliphatic heterocycles. The Morgan fingerprint density at radius 2 is 1.89 bits per heavy atom. The summed E-state index contributed by atoms with van der Waals surface area (Å²) in [6.07, 6.45) is 2.78. The van der Waals surface area contributed by atoms with Gasteiger partial charge in [0.05, 0.1) is 7.11 Å². The van der Waals surface area contributed by atoms with Gasteiger partial charge in [-0.05, 0) is 43.5 Å². The number of aliphatic hydroxyl groups excluding tert-OH is 1. The number of benzene rings is 1. The third kappa shape index (κ3) is 3.47. The lowest BCUT2D eigenvalue weighted by Gasteiger charge is -2.34. The number of hydrogen-bond donors (Lipinski definition) is 2. The molecule has 0 saturated carbocycles. The van der Waals surface area contributed by atoms with Crippen LogP contribution in [0.1, 0.15) is 38.7 Å². The number of aliphatic hydroxyl groups is 1. The topological polar surface area (TPSA) is 41.5 Å². The summed E-state index contributed by atoms with van der Waals surface area (Å²) in [4.78, 5) is 0. The summed E-state index contributed by atoms with van der Waals surface area (Å²) in [5.74, 6) is 0.864. The summed E-state index contributed by atoms with van der Waals surface area (Å²) in [5.41, 5.74) is 1.09. The van der Waals surface area contributed by atoms with Crippen molar-refractivity contribution in [1.29, 1.82) is 0 Å². The van der Waals surface area contributed by atoms with Crippen LogP contribution in [0.15, 0.2) is 24.3 Å². The van der Waals surface area contributed by atoms with E-state index in [1.807, 2.05) is 12.1 Å². The fourth-order valence-electron chi connectivity index (χ4n) is 2.31. The van der Waals surface area contributed by atoms with Gasteiger partial charge < -0.3 is 15.2 Å². The Balaban J connectivity index is 2.98. The molecule has 3 heteroatoms. The lowest BCUT2D eigenvalue weighted by Crippen LogP contribution is -2.43. The van der Waals surface area contributed by atoms with Crippen LogP contribution in [0.4, 0.5) is 0 Å². The maximum Gasteiger partial charge on any atom is 0.118 e. The maximum absolute atomic E-state index is 9.33. The summed E-state index contributed by atoms with van der Waals surface area (Å²) < 4.78 is 5.19. The van der Waals surface area contributed by atoms with Crippen LogP contribution in [0.5, 0.6) is 5.75 Å². The molecular formula is C15H25NO2. The van der Waals surface area contributed by atoms with Crippen LogP contribution in [0.2, 0.25) is 0 Å². The first-order chi connectivity index (χ1) is 8.72. The molecule has 102 valence electrons. The number of hydrogen-bond acceptors (Lipinski definition) is 3. The Kier molecular flexibility index (Phi) is 6.16. The highest BCUT2D eigenvalue weighted by molar-refractivity contribution is 5.32. The molecule has 1 unspecified atom stereocenters. The lowest BCUT2D eigenvalue weighted by molar-refractivity contribution is 0.203. The van der Waals surface area contributed by atoms with Crippen molar-refractivity contribution in [2.24, 2.45) is 0 Å². The van der Waals surface area contributed by atoms with Crippen LogP contribution < -0.4 is 10.1 Å². The van der Waals surface area contributed by atoms with Gasteiger partial charge in [-0.3, -0.25) is 0 Å². The molecule has 2 N–H and O–H groups in total. The van der Waals surface area contributed by atoms with E-state index in [4.69, 9.17) is 4.74 Å². The first kappa shape index (κ1) is 15.0. The Labute approximate surface area is 110 Å². The molecule has 0 radical (unpaired) electrons. The van der Waals surface area contributed by atoms with Gasteiger partial charge in [-0.1, -0.05) is 26.0 Å². The molecule has 18 heavy (non-hydrogen) atoms. The first-order valence-electron chi connectivity index (χ1n) is 6.72. The summed E-state index contributed by atoms with van der Waals surface area (Å²) in [6, 6.07) is 8.12. The van der Waals surface area contributed by atoms with Crippen molar-refractivity contribution in [3.63, 3.8) is 0 Å². The third-order valence-corrected chi connectivity index (χ3v) is 3.50. The predicted octanol–water partition coefficient (Wildman–Crippen LogP) is 2.68. The van der Waals surface area contributed by atoms with Gasteiger partial charge in [0.2, 0.25) is 0 Å². The van der Waals surface area contributed by atoms with Gasteiger partial charge in [-0.15, -0.1) is 0 Å². The minimum atomic E-state index is -0.128. The van der Waals surface area contributed by atoms with Gasteiger partial charge in [0.1, 0.15) is 5.75 Å². The molecule has 0 spiro atoms. The Morgan fingerprint density at radius 3 is 2.33 bits per heavy atom. The molecule has 0 fully saturated rings. The maximum atomic E-state index is 9.33. The molecule has 3 nitrogen and oxygen atoms in total. The van der Waals surface area contributed by atoms with E-state index < -0.39 is 0 Å². The van der Waals surface area contributed by atoms with E-state index in [-0.39, 0.29) is 12.1 Å². The van der Waals surface area contributed by atoms with Crippen LogP contribution in [-0.2, 0) is 5.54 Å². The van der Waals surface area contributed by atoms with Crippen LogP contribution in [0.25, 0.3) is 0 Å². The Morgan fingerprint density at radius 1 is 1.22 bits per heavy atom. The van der Waals surface area contributed by atoms with Crippen molar-refractivity contribution < 1.29 is 9.84 Å². The smallest absolute Gasteiger partial charge is 0.118 e. The zero-order valence-electron chi connectivity index (χ0n) is 11.7. The molecule has 0 bridgehead atoms. The minimum Gasteiger partial charge on any atom is -0.497 e. The van der Waals surface area contributed by atoms with Crippen LogP contribution >= 0.6 is 0 Å². The molecule has 1 aromatic rings. The van der Waals surface area contributed by atoms with Crippen molar-refractivity contribution in [3.8, 4) is 5.75 Å². The fraction of sp³-hybridized carbons (Fsp3) is 0.600. The fourth-order valence-corrected chi connectivity index (χ4v) is 2.31. The second-order valence-corrected chi connectivity index (χ2v) is 4.56. The van der Waals surface area contributed by atoms with E-state index in [2.05, 4.69) is 31.3 Å². The van der Waals surface area contributed by atoms with Gasteiger partial charge in [-0.2, -0.15) is 0 Å². The highest BCUT2D eigenvalue weighted by atomic mass is 16.5. The van der Waals surface area contributed by atoms with Crippen molar-refractivity contribution in [2.75, 3.05) is 20.3 Å². The molecule has 0 heterocycles. The number of nitrogens with one attached hydrogen (secondary N) is 1. The molecule has 0 aliphatic rings. The minimum absolute atomic E-state index is 0.128. The SMILES string of the molecule is CCCNC(CC)(CCO)c1ccc(OC)cc1. The van der Waals surface area contributed by atoms with Gasteiger partial charge in [0, 0.05) is 12.1 Å². The highest BCUT2D eigenvalue weighted by Crippen LogP contribution is 2.30. The van der Waals surface area contributed by atoms with Crippen molar-refractivity contribution in [3.05, 3.63) is 29.8 Å². The molecule has 0 amide bonds. The quantitative estimate of drug-likeness (QED) is 0.746. The van der Waals surface area contributed by atoms with Crippen LogP contribution in [0, 0.1) is 0 Å². The summed E-state index contributed by atoms with van der Waals surface area (Å²) in [7, 11) is 1.67. The second-order valence-electron chi connectivity index (χ2n) is 4.56. The van der Waals surface area contributed by atoms with E-state index in [1.165, 1.54) is 5.56 Å². The zero-order valence-corrected chi connectivity index (χ0v) is 11.7. The summed E-state index contributed by atoms with van der Waals surface area (Å²) >= 11 is 0. The standard InChI is InChI=1S/C15H25NO2/c1-4-11-16-15(5-2,10-12-17)13-6-8-14(18-3)9-7-13/h6-9,16-17H,4-5,10-12H2,1-3H3. The molecule has 1 aromatic carbocycles. The van der Waals surface area contributed by atoms with E-state index in [1.54, 1.807) is 7.11 Å². The van der Waals surface area contributed by atoms with Gasteiger partial charge in [0.15, 0.2) is 0 Å². The average molecular weight is 251 g/mol. The monoisotopic (exact) mass is 251 g/mol. The first-order valence-corrected chi connectivity index (χ1v) is 6.72. The molecule has 0 saturated heterocycles. The van der Waals surface area contributed by atoms with Crippen molar-refractivity contribution in [2.45, 2.75) is 38.6 Å². The largest absolute Gasteiger partial charge is 0.497 e. The van der Waals surface area contributed by atoms with Gasteiger partial charge in [0.25, 0.3) is 0 Å². The number of methoxy groups -OCH3 is 1. The van der Waals surface area contributed by atoms with Crippen LogP contribution in [0.3, 0.4) is 0 Å². The van der Waals surface area contributed by atoms with Crippen LogP contribution in [-0.4, -0.2) is 25.4 Å². The lowest BCUT2D eigenvalue weighted by atomic mass is 9.84. The predicted molar refractivity (Wildman–Crippen MR) is 75.0 cm³/mol. The molecular weight excluding hydrogens is 226 g/mol. The number of ether oxygens (including phenoxy) is 1.